The number of nitrogens with zero attached hydrogens (tertiary/aromatic N) is 1. The third kappa shape index (κ3) is 4.42. The normalized spacial score (nSPS) is 10.5. The maximum absolute atomic E-state index is 8.52. The molecular formula is C16H17NO4. The molecule has 0 unspecified atom stereocenters. The van der Waals surface area contributed by atoms with E-state index in [4.69, 9.17) is 19.4 Å². The Balaban J connectivity index is 1.88. The van der Waals surface area contributed by atoms with E-state index < -0.39 is 0 Å². The number of benzene rings is 2. The van der Waals surface area contributed by atoms with Gasteiger partial charge < -0.3 is 19.4 Å². The minimum atomic E-state index is 0.401. The Bertz CT molecular complexity index is 584. The van der Waals surface area contributed by atoms with Crippen LogP contribution in [0, 0.1) is 0 Å². The van der Waals surface area contributed by atoms with Gasteiger partial charge in [0.1, 0.15) is 19.0 Å². The Morgan fingerprint density at radius 3 is 2.48 bits per heavy atom. The monoisotopic (exact) mass is 287 g/mol. The maximum Gasteiger partial charge on any atom is 0.161 e. The van der Waals surface area contributed by atoms with Crippen molar-refractivity contribution in [3.8, 4) is 17.2 Å². The van der Waals surface area contributed by atoms with Crippen molar-refractivity contribution in [2.45, 2.75) is 0 Å². The number of hydrogen-bond donors (Lipinski definition) is 1. The van der Waals surface area contributed by atoms with Gasteiger partial charge in [-0.05, 0) is 30.3 Å². The fourth-order valence-corrected chi connectivity index (χ4v) is 1.78. The van der Waals surface area contributed by atoms with Crippen molar-refractivity contribution in [1.82, 2.24) is 0 Å². The molecule has 0 fully saturated rings. The average molecular weight is 287 g/mol. The van der Waals surface area contributed by atoms with Gasteiger partial charge in [0.25, 0.3) is 0 Å². The largest absolute Gasteiger partial charge is 0.493 e. The molecule has 0 bridgehead atoms. The first-order valence-corrected chi connectivity index (χ1v) is 6.49. The van der Waals surface area contributed by atoms with Crippen LogP contribution in [-0.2, 0) is 0 Å². The summed E-state index contributed by atoms with van der Waals surface area (Å²) in [5.41, 5.74) is 0.724. The van der Waals surface area contributed by atoms with Crippen LogP contribution in [0.25, 0.3) is 0 Å². The van der Waals surface area contributed by atoms with Crippen molar-refractivity contribution in [2.24, 2.45) is 5.16 Å². The number of rotatable bonds is 7. The molecule has 5 nitrogen and oxygen atoms in total. The van der Waals surface area contributed by atoms with Crippen LogP contribution in [0.4, 0.5) is 0 Å². The highest BCUT2D eigenvalue weighted by Gasteiger charge is 2.05. The number of methoxy groups -OCH3 is 1. The van der Waals surface area contributed by atoms with E-state index in [1.807, 2.05) is 30.3 Å². The second-order valence-corrected chi connectivity index (χ2v) is 4.16. The Kier molecular flexibility index (Phi) is 5.46. The van der Waals surface area contributed by atoms with E-state index >= 15 is 0 Å². The summed E-state index contributed by atoms with van der Waals surface area (Å²) in [6.45, 7) is 0.839. The highest BCUT2D eigenvalue weighted by atomic mass is 16.5. The first kappa shape index (κ1) is 14.7. The second-order valence-electron chi connectivity index (χ2n) is 4.16. The highest BCUT2D eigenvalue weighted by molar-refractivity contribution is 5.80. The second kappa shape index (κ2) is 7.79. The van der Waals surface area contributed by atoms with Crippen LogP contribution in [0.1, 0.15) is 5.56 Å². The van der Waals surface area contributed by atoms with Crippen LogP contribution in [0.15, 0.2) is 53.7 Å². The van der Waals surface area contributed by atoms with Gasteiger partial charge in [-0.2, -0.15) is 0 Å². The molecule has 0 aliphatic carbocycles. The van der Waals surface area contributed by atoms with E-state index in [9.17, 15) is 0 Å². The van der Waals surface area contributed by atoms with Gasteiger partial charge >= 0.3 is 0 Å². The van der Waals surface area contributed by atoms with Gasteiger partial charge in [0.15, 0.2) is 11.5 Å². The minimum Gasteiger partial charge on any atom is -0.493 e. The van der Waals surface area contributed by atoms with E-state index in [1.165, 1.54) is 6.21 Å². The van der Waals surface area contributed by atoms with Gasteiger partial charge in [0.2, 0.25) is 0 Å². The quantitative estimate of drug-likeness (QED) is 0.368. The smallest absolute Gasteiger partial charge is 0.161 e. The summed E-state index contributed by atoms with van der Waals surface area (Å²) in [4.78, 5) is 0. The lowest BCUT2D eigenvalue weighted by atomic mass is 10.2. The standard InChI is InChI=1S/C16H17NO4/c1-19-16-11-13(12-17-18)7-8-15(16)21-10-9-20-14-5-3-2-4-6-14/h2-8,11-12,18H,9-10H2,1H3. The molecule has 2 aromatic carbocycles. The van der Waals surface area contributed by atoms with Crippen molar-refractivity contribution in [3.05, 3.63) is 54.1 Å². The summed E-state index contributed by atoms with van der Waals surface area (Å²) in [6, 6.07) is 14.8. The van der Waals surface area contributed by atoms with Crippen LogP contribution in [-0.4, -0.2) is 31.7 Å². The zero-order chi connectivity index (χ0) is 14.9. The Labute approximate surface area is 123 Å². The van der Waals surface area contributed by atoms with E-state index in [0.29, 0.717) is 24.7 Å². The zero-order valence-electron chi connectivity index (χ0n) is 11.7. The Hall–Kier alpha value is -2.69. The molecule has 21 heavy (non-hydrogen) atoms. The predicted molar refractivity (Wildman–Crippen MR) is 79.8 cm³/mol. The zero-order valence-corrected chi connectivity index (χ0v) is 11.7. The molecule has 0 aliphatic heterocycles. The summed E-state index contributed by atoms with van der Waals surface area (Å²) in [5.74, 6) is 2.00. The number of ether oxygens (including phenoxy) is 3. The molecule has 2 rings (SSSR count). The van der Waals surface area contributed by atoms with Gasteiger partial charge in [-0.3, -0.25) is 0 Å². The molecule has 1 N–H and O–H groups in total. The molecule has 110 valence electrons. The highest BCUT2D eigenvalue weighted by Crippen LogP contribution is 2.27. The first-order chi connectivity index (χ1) is 10.3. The summed E-state index contributed by atoms with van der Waals surface area (Å²) in [5, 5.41) is 11.5. The third-order valence-corrected chi connectivity index (χ3v) is 2.75. The van der Waals surface area contributed by atoms with Crippen LogP contribution in [0.3, 0.4) is 0 Å². The summed E-state index contributed by atoms with van der Waals surface area (Å²) < 4.78 is 16.4. The summed E-state index contributed by atoms with van der Waals surface area (Å²) in [6.07, 6.45) is 1.32. The van der Waals surface area contributed by atoms with E-state index in [2.05, 4.69) is 5.16 Å². The van der Waals surface area contributed by atoms with Crippen molar-refractivity contribution < 1.29 is 19.4 Å². The van der Waals surface area contributed by atoms with Crippen molar-refractivity contribution in [3.63, 3.8) is 0 Å². The van der Waals surface area contributed by atoms with Crippen molar-refractivity contribution >= 4 is 6.21 Å². The summed E-state index contributed by atoms with van der Waals surface area (Å²) >= 11 is 0. The minimum absolute atomic E-state index is 0.401. The lowest BCUT2D eigenvalue weighted by Crippen LogP contribution is -2.09. The van der Waals surface area contributed by atoms with E-state index in [-0.39, 0.29) is 0 Å². The van der Waals surface area contributed by atoms with Gasteiger partial charge in [-0.15, -0.1) is 0 Å². The van der Waals surface area contributed by atoms with Crippen molar-refractivity contribution in [1.29, 1.82) is 0 Å². The lowest BCUT2D eigenvalue weighted by molar-refractivity contribution is 0.211. The molecule has 5 heteroatoms. The van der Waals surface area contributed by atoms with Gasteiger partial charge in [0.05, 0.1) is 13.3 Å². The molecular weight excluding hydrogens is 270 g/mol. The van der Waals surface area contributed by atoms with Crippen LogP contribution < -0.4 is 14.2 Å². The van der Waals surface area contributed by atoms with E-state index in [1.54, 1.807) is 25.3 Å². The number of oxime groups is 1. The molecule has 0 aliphatic rings. The molecule has 0 amide bonds. The lowest BCUT2D eigenvalue weighted by Gasteiger charge is -2.11. The molecule has 0 spiro atoms. The first-order valence-electron chi connectivity index (χ1n) is 6.49. The van der Waals surface area contributed by atoms with Crippen LogP contribution >= 0.6 is 0 Å². The molecule has 0 atom stereocenters. The van der Waals surface area contributed by atoms with Gasteiger partial charge in [-0.25, -0.2) is 0 Å². The SMILES string of the molecule is COc1cc(C=NO)ccc1OCCOc1ccccc1. The fraction of sp³-hybridized carbons (Fsp3) is 0.188. The molecule has 0 aromatic heterocycles. The molecule has 0 heterocycles. The van der Waals surface area contributed by atoms with Gasteiger partial charge in [-0.1, -0.05) is 23.4 Å². The summed E-state index contributed by atoms with van der Waals surface area (Å²) in [7, 11) is 1.56. The van der Waals surface area contributed by atoms with Crippen molar-refractivity contribution in [2.75, 3.05) is 20.3 Å². The Morgan fingerprint density at radius 1 is 1.00 bits per heavy atom. The van der Waals surface area contributed by atoms with Crippen LogP contribution in [0.2, 0.25) is 0 Å². The predicted octanol–water partition coefficient (Wildman–Crippen LogP) is 2.96. The molecule has 0 saturated heterocycles. The van der Waals surface area contributed by atoms with Gasteiger partial charge in [0, 0.05) is 5.56 Å². The van der Waals surface area contributed by atoms with E-state index in [0.717, 1.165) is 11.3 Å². The van der Waals surface area contributed by atoms with Crippen LogP contribution in [0.5, 0.6) is 17.2 Å². The molecule has 2 aromatic rings. The third-order valence-electron chi connectivity index (χ3n) is 2.75. The Morgan fingerprint density at radius 2 is 1.76 bits per heavy atom. The molecule has 0 radical (unpaired) electrons. The molecule has 0 saturated carbocycles. The number of hydrogen-bond acceptors (Lipinski definition) is 5. The average Bonchev–Trinajstić information content (AvgIpc) is 2.53. The maximum atomic E-state index is 8.52. The topological polar surface area (TPSA) is 60.3 Å². The fourth-order valence-electron chi connectivity index (χ4n) is 1.78. The number of para-hydroxylation sites is 1.